The second-order valence-corrected chi connectivity index (χ2v) is 17.2. The predicted octanol–water partition coefficient (Wildman–Crippen LogP) is 15.7. The molecule has 8 aromatic rings. The molecule has 0 unspecified atom stereocenters. The average Bonchev–Trinajstić information content (AvgIpc) is 4.20. The topological polar surface area (TPSA) is 57.4 Å². The highest BCUT2D eigenvalue weighted by Gasteiger charge is 2.32. The van der Waals surface area contributed by atoms with Crippen molar-refractivity contribution >= 4 is 46.4 Å². The van der Waals surface area contributed by atoms with E-state index < -0.39 is 80.4 Å². The largest absolute Gasteiger partial charge is 0.354 e. The minimum Gasteiger partial charge on any atom is -0.354 e. The number of benzene rings is 5. The van der Waals surface area contributed by atoms with Crippen LogP contribution in [0.2, 0.25) is 0 Å². The van der Waals surface area contributed by atoms with E-state index in [9.17, 15) is 8.78 Å². The molecule has 0 aliphatic carbocycles. The fraction of sp³-hybridized carbons (Fsp3) is 0.0741. The smallest absolute Gasteiger partial charge is 0.200 e. The number of nitrogens with zero attached hydrogens (tertiary/aromatic N) is 2. The second kappa shape index (κ2) is 16.4. The second-order valence-electron chi connectivity index (χ2n) is 17.2. The number of halogens is 10. The Bertz CT molecular complexity index is 3510. The first-order valence-electron chi connectivity index (χ1n) is 21.0. The molecule has 2 N–H and O–H groups in total. The van der Waals surface area contributed by atoms with Gasteiger partial charge in [0.1, 0.15) is 0 Å². The summed E-state index contributed by atoms with van der Waals surface area (Å²) < 4.78 is 154. The van der Waals surface area contributed by atoms with E-state index in [4.69, 9.17) is 9.97 Å². The Kier molecular flexibility index (Phi) is 10.6. The van der Waals surface area contributed by atoms with Crippen molar-refractivity contribution in [2.45, 2.75) is 26.2 Å². The molecule has 0 saturated carbocycles. The van der Waals surface area contributed by atoms with Crippen LogP contribution in [0, 0.1) is 58.2 Å². The average molecular weight is 927 g/mol. The van der Waals surface area contributed by atoms with Gasteiger partial charge in [-0.05, 0) is 81.8 Å². The molecule has 14 heteroatoms. The van der Waals surface area contributed by atoms with E-state index in [-0.39, 0.29) is 61.4 Å². The van der Waals surface area contributed by atoms with Crippen LogP contribution in [0.4, 0.5) is 43.9 Å². The van der Waals surface area contributed by atoms with Gasteiger partial charge in [-0.3, -0.25) is 0 Å². The molecule has 5 aromatic carbocycles. The van der Waals surface area contributed by atoms with Gasteiger partial charge in [-0.15, -0.1) is 0 Å². The minimum atomic E-state index is -2.35. The van der Waals surface area contributed by atoms with Crippen LogP contribution in [-0.4, -0.2) is 19.9 Å². The summed E-state index contributed by atoms with van der Waals surface area (Å²) in [5, 5.41) is 0. The maximum atomic E-state index is 16.0. The zero-order valence-corrected chi connectivity index (χ0v) is 35.8. The Labute approximate surface area is 380 Å². The summed E-state index contributed by atoms with van der Waals surface area (Å²) in [5.74, 6) is -21.9. The number of rotatable bonds is 5. The fourth-order valence-electron chi connectivity index (χ4n) is 8.58. The van der Waals surface area contributed by atoms with Crippen LogP contribution >= 0.6 is 0 Å². The standard InChI is InChI=1S/C54H32F10N4/c1-54(2,3)29-15-13-26(14-16-29)25-9-11-28(12-10-25)39-32-19-23-36(67-32)40(42-44(55)48(59)52(63)49(60)45(42)56)34-21-17-30(65-34)38(27-7-5-4-6-8-27)31-18-22-35(66-31)41(37-24-20-33(39)68-37)43-46(57)50(61)53(64)51(62)47(43)58/h4-24,65,68H,1-3H3. The summed E-state index contributed by atoms with van der Waals surface area (Å²) >= 11 is 0. The molecule has 2 aliphatic heterocycles. The Morgan fingerprint density at radius 1 is 0.309 bits per heavy atom. The van der Waals surface area contributed by atoms with Crippen LogP contribution in [0.25, 0.3) is 102 Å². The van der Waals surface area contributed by atoms with Crippen LogP contribution in [0.15, 0.2) is 103 Å². The predicted molar refractivity (Wildman–Crippen MR) is 244 cm³/mol. The lowest BCUT2D eigenvalue weighted by atomic mass is 9.86. The molecular formula is C54H32F10N4. The van der Waals surface area contributed by atoms with Gasteiger partial charge < -0.3 is 9.97 Å². The number of aromatic amines is 2. The molecule has 8 bridgehead atoms. The van der Waals surface area contributed by atoms with E-state index in [2.05, 4.69) is 30.7 Å². The molecule has 0 fully saturated rings. The van der Waals surface area contributed by atoms with E-state index in [1.54, 1.807) is 42.5 Å². The third-order valence-corrected chi connectivity index (χ3v) is 12.0. The van der Waals surface area contributed by atoms with Gasteiger partial charge in [-0.2, -0.15) is 0 Å². The highest BCUT2D eigenvalue weighted by molar-refractivity contribution is 6.00. The van der Waals surface area contributed by atoms with E-state index in [0.29, 0.717) is 11.1 Å². The van der Waals surface area contributed by atoms with Gasteiger partial charge >= 0.3 is 0 Å². The van der Waals surface area contributed by atoms with Crippen molar-refractivity contribution < 1.29 is 43.9 Å². The maximum absolute atomic E-state index is 16.0. The molecule has 0 saturated heterocycles. The number of hydrogen-bond donors (Lipinski definition) is 2. The quantitative estimate of drug-likeness (QED) is 0.103. The lowest BCUT2D eigenvalue weighted by Crippen LogP contribution is -2.10. The summed E-state index contributed by atoms with van der Waals surface area (Å²) in [4.78, 5) is 15.6. The molecule has 0 spiro atoms. The molecule has 338 valence electrons. The minimum absolute atomic E-state index is 0.0824. The SMILES string of the molecule is CC(C)(C)c1ccc(-c2ccc(-c3c4nc(c(-c5c(F)c(F)c(F)c(F)c5F)c5ccc([nH]5)c(-c5ccccc5)c5nc(c(-c6c(F)c(F)c(F)c(F)c6F)c6ccc3[nH]6)C=C5)C=C4)cc2)cc1. The Balaban J connectivity index is 1.36. The molecule has 5 heterocycles. The zero-order valence-electron chi connectivity index (χ0n) is 35.8. The van der Waals surface area contributed by atoms with Crippen LogP contribution in [0.5, 0.6) is 0 Å². The monoisotopic (exact) mass is 926 g/mol. The van der Waals surface area contributed by atoms with Gasteiger partial charge in [0.15, 0.2) is 46.5 Å². The van der Waals surface area contributed by atoms with Gasteiger partial charge in [0, 0.05) is 44.3 Å². The Morgan fingerprint density at radius 3 is 0.971 bits per heavy atom. The van der Waals surface area contributed by atoms with Gasteiger partial charge in [0.25, 0.3) is 0 Å². The summed E-state index contributed by atoms with van der Waals surface area (Å²) in [5.41, 5.74) is 0.406. The van der Waals surface area contributed by atoms with Crippen molar-refractivity contribution in [2.75, 3.05) is 0 Å². The molecule has 0 radical (unpaired) electrons. The van der Waals surface area contributed by atoms with Crippen LogP contribution in [0.1, 0.15) is 49.1 Å². The highest BCUT2D eigenvalue weighted by atomic mass is 19.2. The van der Waals surface area contributed by atoms with Gasteiger partial charge in [-0.1, -0.05) is 99.6 Å². The van der Waals surface area contributed by atoms with Crippen molar-refractivity contribution in [1.82, 2.24) is 19.9 Å². The molecule has 10 rings (SSSR count). The van der Waals surface area contributed by atoms with Crippen LogP contribution in [-0.2, 0) is 5.41 Å². The number of hydrogen-bond acceptors (Lipinski definition) is 2. The van der Waals surface area contributed by atoms with E-state index in [0.717, 1.165) is 16.7 Å². The van der Waals surface area contributed by atoms with Crippen molar-refractivity contribution in [1.29, 1.82) is 0 Å². The highest BCUT2D eigenvalue weighted by Crippen LogP contribution is 2.42. The molecule has 0 atom stereocenters. The normalized spacial score (nSPS) is 12.4. The van der Waals surface area contributed by atoms with Crippen molar-refractivity contribution in [3.63, 3.8) is 0 Å². The van der Waals surface area contributed by atoms with E-state index in [1.165, 1.54) is 48.6 Å². The molecule has 2 aliphatic rings. The van der Waals surface area contributed by atoms with Gasteiger partial charge in [0.05, 0.1) is 33.9 Å². The first-order valence-corrected chi connectivity index (χ1v) is 21.0. The van der Waals surface area contributed by atoms with Crippen LogP contribution < -0.4 is 0 Å². The molecular weight excluding hydrogens is 895 g/mol. The number of H-pyrrole nitrogens is 2. The number of nitrogens with one attached hydrogen (secondary N) is 2. The number of fused-ring (bicyclic) bond motifs is 8. The lowest BCUT2D eigenvalue weighted by Gasteiger charge is -2.19. The van der Waals surface area contributed by atoms with E-state index in [1.807, 2.05) is 36.4 Å². The summed E-state index contributed by atoms with van der Waals surface area (Å²) in [6, 6.07) is 29.1. The molecule has 0 amide bonds. The zero-order chi connectivity index (χ0) is 47.9. The van der Waals surface area contributed by atoms with E-state index >= 15 is 35.1 Å². The molecule has 3 aromatic heterocycles. The summed E-state index contributed by atoms with van der Waals surface area (Å²) in [7, 11) is 0. The van der Waals surface area contributed by atoms with Crippen molar-refractivity contribution in [3.05, 3.63) is 190 Å². The lowest BCUT2D eigenvalue weighted by molar-refractivity contribution is 0.381. The van der Waals surface area contributed by atoms with Crippen molar-refractivity contribution in [2.24, 2.45) is 0 Å². The first kappa shape index (κ1) is 43.9. The van der Waals surface area contributed by atoms with Gasteiger partial charge in [0.2, 0.25) is 11.6 Å². The first-order chi connectivity index (χ1) is 32.5. The maximum Gasteiger partial charge on any atom is 0.200 e. The Morgan fingerprint density at radius 2 is 0.603 bits per heavy atom. The summed E-state index contributed by atoms with van der Waals surface area (Å²) in [6.45, 7) is 6.28. The third-order valence-electron chi connectivity index (χ3n) is 12.0. The van der Waals surface area contributed by atoms with Crippen LogP contribution in [0.3, 0.4) is 0 Å². The molecule has 68 heavy (non-hydrogen) atoms. The third kappa shape index (κ3) is 7.18. The van der Waals surface area contributed by atoms with Gasteiger partial charge in [-0.25, -0.2) is 53.9 Å². The Hall–Kier alpha value is -8.00. The number of aromatic nitrogens is 4. The fourth-order valence-corrected chi connectivity index (χ4v) is 8.58. The molecule has 4 nitrogen and oxygen atoms in total. The van der Waals surface area contributed by atoms with Crippen molar-refractivity contribution in [3.8, 4) is 55.6 Å². The summed E-state index contributed by atoms with van der Waals surface area (Å²) in [6.07, 6.45) is 5.53.